The van der Waals surface area contributed by atoms with E-state index in [-0.39, 0.29) is 24.3 Å². The van der Waals surface area contributed by atoms with Crippen LogP contribution in [-0.4, -0.2) is 23.4 Å². The molecule has 2 amide bonds. The largest absolute Gasteiger partial charge is 0.489 e. The number of thiophene rings is 1. The number of amides is 2. The highest BCUT2D eigenvalue weighted by Gasteiger charge is 2.20. The summed E-state index contributed by atoms with van der Waals surface area (Å²) in [5, 5.41) is 7.61. The Hall–Kier alpha value is -2.41. The van der Waals surface area contributed by atoms with Crippen molar-refractivity contribution in [3.05, 3.63) is 40.7 Å². The lowest BCUT2D eigenvalue weighted by molar-refractivity contribution is -0.120. The first kappa shape index (κ1) is 20.3. The molecule has 2 N–H and O–H groups in total. The zero-order chi connectivity index (χ0) is 19.8. The Morgan fingerprint density at radius 2 is 2.07 bits per heavy atom. The Bertz CT molecular complexity index is 773. The van der Waals surface area contributed by atoms with E-state index in [2.05, 4.69) is 15.6 Å². The highest BCUT2D eigenvalue weighted by atomic mass is 32.1. The first-order valence-electron chi connectivity index (χ1n) is 9.80. The van der Waals surface area contributed by atoms with Gasteiger partial charge in [-0.3, -0.25) is 9.59 Å². The Morgan fingerprint density at radius 1 is 1.25 bits per heavy atom. The first-order chi connectivity index (χ1) is 13.6. The molecule has 0 saturated heterocycles. The van der Waals surface area contributed by atoms with Gasteiger partial charge in [0.05, 0.1) is 19.1 Å². The van der Waals surface area contributed by atoms with E-state index in [0.29, 0.717) is 24.1 Å². The molecule has 0 radical (unpaired) electrons. The molecule has 1 aliphatic carbocycles. The van der Waals surface area contributed by atoms with Crippen LogP contribution in [0.15, 0.2) is 35.8 Å². The average Bonchev–Trinajstić information content (AvgIpc) is 3.22. The number of pyridine rings is 1. The molecular formula is C21H27N3O3S. The second kappa shape index (κ2) is 10.2. The summed E-state index contributed by atoms with van der Waals surface area (Å²) in [4.78, 5) is 29.3. The highest BCUT2D eigenvalue weighted by molar-refractivity contribution is 7.10. The van der Waals surface area contributed by atoms with Gasteiger partial charge < -0.3 is 15.4 Å². The van der Waals surface area contributed by atoms with Gasteiger partial charge in [0, 0.05) is 18.0 Å². The maximum Gasteiger partial charge on any atom is 0.228 e. The zero-order valence-electron chi connectivity index (χ0n) is 16.1. The Balaban J connectivity index is 1.60. The molecule has 0 aromatic carbocycles. The summed E-state index contributed by atoms with van der Waals surface area (Å²) in [5.41, 5.74) is 0. The molecule has 1 atom stereocenters. The van der Waals surface area contributed by atoms with Crippen LogP contribution in [0.4, 0.5) is 5.82 Å². The van der Waals surface area contributed by atoms with Gasteiger partial charge in [-0.2, -0.15) is 0 Å². The van der Waals surface area contributed by atoms with E-state index < -0.39 is 0 Å². The number of carbonyl (C=O) groups is 2. The molecule has 3 rings (SSSR count). The Morgan fingerprint density at radius 3 is 2.79 bits per heavy atom. The molecule has 1 fully saturated rings. The van der Waals surface area contributed by atoms with E-state index in [1.54, 1.807) is 12.3 Å². The maximum absolute atomic E-state index is 12.6. The molecule has 1 saturated carbocycles. The minimum absolute atomic E-state index is 0.138. The fraction of sp³-hybridized carbons (Fsp3) is 0.476. The van der Waals surface area contributed by atoms with E-state index in [1.807, 2.05) is 23.6 Å². The van der Waals surface area contributed by atoms with Gasteiger partial charge in [-0.05, 0) is 42.3 Å². The summed E-state index contributed by atoms with van der Waals surface area (Å²) in [6.45, 7) is 2.10. The second-order valence-electron chi connectivity index (χ2n) is 7.19. The number of carbonyl (C=O) groups excluding carboxylic acids is 2. The molecule has 0 spiro atoms. The van der Waals surface area contributed by atoms with Crippen molar-refractivity contribution in [2.24, 2.45) is 5.92 Å². The summed E-state index contributed by atoms with van der Waals surface area (Å²) < 4.78 is 5.97. The lowest BCUT2D eigenvalue weighted by Gasteiger charge is -2.22. The normalized spacial score (nSPS) is 15.6. The van der Waals surface area contributed by atoms with Crippen LogP contribution in [-0.2, 0) is 9.59 Å². The molecule has 1 aliphatic rings. The van der Waals surface area contributed by atoms with Gasteiger partial charge >= 0.3 is 0 Å². The second-order valence-corrected chi connectivity index (χ2v) is 8.17. The number of aromatic nitrogens is 1. The third-order valence-electron chi connectivity index (χ3n) is 4.88. The minimum atomic E-state index is -0.354. The molecule has 1 unspecified atom stereocenters. The van der Waals surface area contributed by atoms with Crippen LogP contribution in [0.5, 0.6) is 5.75 Å². The van der Waals surface area contributed by atoms with Gasteiger partial charge in [-0.1, -0.05) is 25.3 Å². The number of hydrogen-bond acceptors (Lipinski definition) is 5. The van der Waals surface area contributed by atoms with Gasteiger partial charge in [0.1, 0.15) is 0 Å². The smallest absolute Gasteiger partial charge is 0.228 e. The third kappa shape index (κ3) is 6.05. The van der Waals surface area contributed by atoms with E-state index in [0.717, 1.165) is 4.88 Å². The quantitative estimate of drug-likeness (QED) is 0.691. The number of nitrogens with zero attached hydrogens (tertiary/aromatic N) is 1. The molecule has 2 heterocycles. The van der Waals surface area contributed by atoms with Gasteiger partial charge in [-0.25, -0.2) is 4.98 Å². The number of ether oxygens (including phenoxy) is 1. The lowest BCUT2D eigenvalue weighted by atomic mass is 9.90. The molecule has 150 valence electrons. The van der Waals surface area contributed by atoms with Crippen molar-refractivity contribution in [3.8, 4) is 5.75 Å². The molecule has 28 heavy (non-hydrogen) atoms. The standard InChI is InChI=1S/C21H27N3O3S/c1-15(25)23-17(19-10-6-12-28-19)13-20(26)24-21-18(9-5-11-22-21)27-14-16-7-3-2-4-8-16/h5-6,9-12,16-17H,2-4,7-8,13-14H2,1H3,(H,23,25)(H,22,24,26). The van der Waals surface area contributed by atoms with Crippen molar-refractivity contribution in [1.82, 2.24) is 10.3 Å². The van der Waals surface area contributed by atoms with Crippen LogP contribution in [0.25, 0.3) is 0 Å². The van der Waals surface area contributed by atoms with Crippen LogP contribution in [0.2, 0.25) is 0 Å². The fourth-order valence-corrected chi connectivity index (χ4v) is 4.27. The van der Waals surface area contributed by atoms with Crippen LogP contribution in [0.3, 0.4) is 0 Å². The Labute approximate surface area is 169 Å². The monoisotopic (exact) mass is 401 g/mol. The molecule has 2 aromatic heterocycles. The maximum atomic E-state index is 12.6. The minimum Gasteiger partial charge on any atom is -0.489 e. The predicted octanol–water partition coefficient (Wildman–Crippen LogP) is 4.31. The Kier molecular flexibility index (Phi) is 7.42. The van der Waals surface area contributed by atoms with Crippen LogP contribution < -0.4 is 15.4 Å². The van der Waals surface area contributed by atoms with E-state index in [9.17, 15) is 9.59 Å². The molecule has 0 aliphatic heterocycles. The number of hydrogen-bond donors (Lipinski definition) is 2. The van der Waals surface area contributed by atoms with E-state index in [1.165, 1.54) is 50.4 Å². The molecule has 0 bridgehead atoms. The van der Waals surface area contributed by atoms with Crippen molar-refractivity contribution in [2.75, 3.05) is 11.9 Å². The summed E-state index contributed by atoms with van der Waals surface area (Å²) in [5.74, 6) is 1.21. The van der Waals surface area contributed by atoms with Gasteiger partial charge in [-0.15, -0.1) is 11.3 Å². The van der Waals surface area contributed by atoms with Crippen molar-refractivity contribution in [2.45, 2.75) is 51.5 Å². The summed E-state index contributed by atoms with van der Waals surface area (Å²) in [6.07, 6.45) is 7.99. The third-order valence-corrected chi connectivity index (χ3v) is 5.87. The fourth-order valence-electron chi connectivity index (χ4n) is 3.49. The SMILES string of the molecule is CC(=O)NC(CC(=O)Nc1ncccc1OCC1CCCCC1)c1cccs1. The summed E-state index contributed by atoms with van der Waals surface area (Å²) in [7, 11) is 0. The molecular weight excluding hydrogens is 374 g/mol. The lowest BCUT2D eigenvalue weighted by Crippen LogP contribution is -2.29. The predicted molar refractivity (Wildman–Crippen MR) is 110 cm³/mol. The number of anilines is 1. The van der Waals surface area contributed by atoms with Crippen molar-refractivity contribution >= 4 is 29.0 Å². The highest BCUT2D eigenvalue weighted by Crippen LogP contribution is 2.28. The molecule has 7 heteroatoms. The summed E-state index contributed by atoms with van der Waals surface area (Å²) >= 11 is 1.51. The van der Waals surface area contributed by atoms with Crippen molar-refractivity contribution in [1.29, 1.82) is 0 Å². The number of nitrogens with one attached hydrogen (secondary N) is 2. The van der Waals surface area contributed by atoms with Gasteiger partial charge in [0.2, 0.25) is 11.8 Å². The van der Waals surface area contributed by atoms with Crippen molar-refractivity contribution < 1.29 is 14.3 Å². The number of rotatable bonds is 8. The molecule has 6 nitrogen and oxygen atoms in total. The van der Waals surface area contributed by atoms with Crippen LogP contribution >= 0.6 is 11.3 Å². The van der Waals surface area contributed by atoms with E-state index >= 15 is 0 Å². The van der Waals surface area contributed by atoms with Crippen LogP contribution in [0, 0.1) is 5.92 Å². The van der Waals surface area contributed by atoms with Crippen LogP contribution in [0.1, 0.15) is 56.4 Å². The van der Waals surface area contributed by atoms with Crippen molar-refractivity contribution in [3.63, 3.8) is 0 Å². The average molecular weight is 402 g/mol. The van der Waals surface area contributed by atoms with E-state index in [4.69, 9.17) is 4.74 Å². The van der Waals surface area contributed by atoms with Gasteiger partial charge in [0.25, 0.3) is 0 Å². The summed E-state index contributed by atoms with van der Waals surface area (Å²) in [6, 6.07) is 7.10. The van der Waals surface area contributed by atoms with Gasteiger partial charge in [0.15, 0.2) is 11.6 Å². The first-order valence-corrected chi connectivity index (χ1v) is 10.7. The molecule has 2 aromatic rings. The zero-order valence-corrected chi connectivity index (χ0v) is 17.0. The topological polar surface area (TPSA) is 80.3 Å².